The van der Waals surface area contributed by atoms with Crippen molar-refractivity contribution in [3.63, 3.8) is 0 Å². The third-order valence-corrected chi connectivity index (χ3v) is 6.80. The van der Waals surface area contributed by atoms with Crippen LogP contribution in [0.3, 0.4) is 0 Å². The molecule has 0 saturated carbocycles. The average Bonchev–Trinajstić information content (AvgIpc) is 3.34. The first-order valence-corrected chi connectivity index (χ1v) is 13.3. The predicted octanol–water partition coefficient (Wildman–Crippen LogP) is 6.70. The van der Waals surface area contributed by atoms with Crippen LogP contribution >= 0.6 is 11.6 Å². The molecule has 38 heavy (non-hydrogen) atoms. The Labute approximate surface area is 229 Å². The molecular weight excluding hydrogens is 496 g/mol. The largest absolute Gasteiger partial charge is 0.332 e. The quantitative estimate of drug-likeness (QED) is 0.233. The third kappa shape index (κ3) is 6.50. The van der Waals surface area contributed by atoms with Crippen LogP contribution in [0.25, 0.3) is 16.9 Å². The maximum atomic E-state index is 13.3. The molecule has 0 aliphatic rings. The summed E-state index contributed by atoms with van der Waals surface area (Å²) in [6.45, 7) is 6.45. The van der Waals surface area contributed by atoms with E-state index >= 15 is 0 Å². The highest BCUT2D eigenvalue weighted by molar-refractivity contribution is 6.30. The number of amides is 2. The molecule has 3 aromatic carbocycles. The molecule has 0 spiro atoms. The van der Waals surface area contributed by atoms with Crippen molar-refractivity contribution in [2.75, 3.05) is 18.4 Å². The molecule has 2 amide bonds. The SMILES string of the molecule is CCCCN(CC(=O)Nc1cc(-c2ccccc2)nn1-c1ccc(C)cc1C)C(=O)C(Cl)c1ccccc1. The molecule has 0 fully saturated rings. The molecule has 1 aromatic heterocycles. The Balaban J connectivity index is 1.61. The van der Waals surface area contributed by atoms with Crippen molar-refractivity contribution >= 4 is 29.2 Å². The number of aryl methyl sites for hydroxylation is 2. The van der Waals surface area contributed by atoms with Crippen LogP contribution in [0.4, 0.5) is 5.82 Å². The summed E-state index contributed by atoms with van der Waals surface area (Å²) in [6, 6.07) is 27.0. The van der Waals surface area contributed by atoms with E-state index in [1.54, 1.807) is 9.58 Å². The number of nitrogens with zero attached hydrogens (tertiary/aromatic N) is 3. The molecular formula is C31H33ClN4O2. The molecule has 7 heteroatoms. The van der Waals surface area contributed by atoms with Gasteiger partial charge >= 0.3 is 0 Å². The number of hydrogen-bond acceptors (Lipinski definition) is 3. The Bertz CT molecular complexity index is 1390. The lowest BCUT2D eigenvalue weighted by molar-refractivity contribution is -0.134. The fourth-order valence-electron chi connectivity index (χ4n) is 4.34. The van der Waals surface area contributed by atoms with E-state index in [4.69, 9.17) is 16.7 Å². The van der Waals surface area contributed by atoms with E-state index in [0.717, 1.165) is 40.9 Å². The lowest BCUT2D eigenvalue weighted by atomic mass is 10.1. The Kier molecular flexibility index (Phi) is 8.98. The molecule has 1 N–H and O–H groups in total. The predicted molar refractivity (Wildman–Crippen MR) is 154 cm³/mol. The summed E-state index contributed by atoms with van der Waals surface area (Å²) in [7, 11) is 0. The van der Waals surface area contributed by atoms with Crippen molar-refractivity contribution in [1.29, 1.82) is 0 Å². The maximum absolute atomic E-state index is 13.3. The Hall–Kier alpha value is -3.90. The fourth-order valence-corrected chi connectivity index (χ4v) is 4.63. The zero-order valence-corrected chi connectivity index (χ0v) is 22.8. The summed E-state index contributed by atoms with van der Waals surface area (Å²) >= 11 is 6.54. The van der Waals surface area contributed by atoms with Crippen LogP contribution in [-0.2, 0) is 9.59 Å². The minimum atomic E-state index is -0.855. The molecule has 6 nitrogen and oxygen atoms in total. The van der Waals surface area contributed by atoms with E-state index in [1.807, 2.05) is 99.6 Å². The number of rotatable bonds is 10. The van der Waals surface area contributed by atoms with Crippen molar-refractivity contribution in [3.05, 3.63) is 102 Å². The lowest BCUT2D eigenvalue weighted by Crippen LogP contribution is -2.40. The second-order valence-electron chi connectivity index (χ2n) is 9.42. The summed E-state index contributed by atoms with van der Waals surface area (Å²) in [6.07, 6.45) is 1.67. The minimum Gasteiger partial charge on any atom is -0.332 e. The van der Waals surface area contributed by atoms with Gasteiger partial charge < -0.3 is 10.2 Å². The minimum absolute atomic E-state index is 0.104. The molecule has 1 heterocycles. The standard InChI is InChI=1S/C31H33ClN4O2/c1-4-5-18-35(31(38)30(32)25-14-10-7-11-15-25)21-29(37)33-28-20-26(24-12-8-6-9-13-24)34-36(28)27-17-16-22(2)19-23(27)3/h6-17,19-20,30H,4-5,18,21H2,1-3H3,(H,33,37). The van der Waals surface area contributed by atoms with E-state index in [9.17, 15) is 9.59 Å². The average molecular weight is 529 g/mol. The second-order valence-corrected chi connectivity index (χ2v) is 9.85. The third-order valence-electron chi connectivity index (χ3n) is 6.36. The molecule has 4 rings (SSSR count). The number of nitrogens with one attached hydrogen (secondary N) is 1. The number of carbonyl (C=O) groups is 2. The summed E-state index contributed by atoms with van der Waals surface area (Å²) < 4.78 is 1.75. The van der Waals surface area contributed by atoms with Crippen LogP contribution in [0, 0.1) is 13.8 Å². The molecule has 1 unspecified atom stereocenters. The van der Waals surface area contributed by atoms with E-state index in [0.29, 0.717) is 17.9 Å². The summed E-state index contributed by atoms with van der Waals surface area (Å²) in [5.41, 5.74) is 5.45. The highest BCUT2D eigenvalue weighted by Crippen LogP contribution is 2.27. The summed E-state index contributed by atoms with van der Waals surface area (Å²) in [5.74, 6) is -0.0552. The highest BCUT2D eigenvalue weighted by atomic mass is 35.5. The van der Waals surface area contributed by atoms with Crippen LogP contribution < -0.4 is 5.32 Å². The van der Waals surface area contributed by atoms with Gasteiger partial charge in [0.2, 0.25) is 11.8 Å². The molecule has 0 saturated heterocycles. The van der Waals surface area contributed by atoms with Crippen molar-refractivity contribution in [2.45, 2.75) is 39.0 Å². The van der Waals surface area contributed by atoms with Gasteiger partial charge in [0.1, 0.15) is 11.2 Å². The van der Waals surface area contributed by atoms with Crippen molar-refractivity contribution in [1.82, 2.24) is 14.7 Å². The maximum Gasteiger partial charge on any atom is 0.245 e. The van der Waals surface area contributed by atoms with Crippen LogP contribution in [-0.4, -0.2) is 39.6 Å². The Morgan fingerprint density at radius 1 is 0.974 bits per heavy atom. The first-order chi connectivity index (χ1) is 18.4. The van der Waals surface area contributed by atoms with Gasteiger partial charge in [-0.25, -0.2) is 4.68 Å². The van der Waals surface area contributed by atoms with Gasteiger partial charge in [0.15, 0.2) is 0 Å². The van der Waals surface area contributed by atoms with Crippen LogP contribution in [0.2, 0.25) is 0 Å². The van der Waals surface area contributed by atoms with Gasteiger partial charge in [-0.3, -0.25) is 9.59 Å². The van der Waals surface area contributed by atoms with Gasteiger partial charge in [0.05, 0.1) is 17.9 Å². The van der Waals surface area contributed by atoms with Crippen LogP contribution in [0.15, 0.2) is 84.9 Å². The van der Waals surface area contributed by atoms with E-state index in [2.05, 4.69) is 11.4 Å². The molecule has 0 aliphatic carbocycles. The number of anilines is 1. The molecule has 4 aromatic rings. The van der Waals surface area contributed by atoms with Crippen LogP contribution in [0.1, 0.15) is 41.8 Å². The molecule has 196 valence electrons. The number of benzene rings is 3. The number of carbonyl (C=O) groups excluding carboxylic acids is 2. The number of hydrogen-bond donors (Lipinski definition) is 1. The smallest absolute Gasteiger partial charge is 0.245 e. The number of alkyl halides is 1. The molecule has 1 atom stereocenters. The van der Waals surface area contributed by atoms with Crippen molar-refractivity contribution < 1.29 is 9.59 Å². The van der Waals surface area contributed by atoms with Crippen molar-refractivity contribution in [2.24, 2.45) is 0 Å². The highest BCUT2D eigenvalue weighted by Gasteiger charge is 2.26. The summed E-state index contributed by atoms with van der Waals surface area (Å²) in [5, 5.41) is 6.98. The number of unbranched alkanes of at least 4 members (excludes halogenated alkanes) is 1. The van der Waals surface area contributed by atoms with Gasteiger partial charge in [0, 0.05) is 18.2 Å². The van der Waals surface area contributed by atoms with E-state index in [1.165, 1.54) is 0 Å². The fraction of sp³-hybridized carbons (Fsp3) is 0.258. The van der Waals surface area contributed by atoms with Gasteiger partial charge in [-0.1, -0.05) is 91.7 Å². The molecule has 0 bridgehead atoms. The van der Waals surface area contributed by atoms with E-state index < -0.39 is 5.38 Å². The van der Waals surface area contributed by atoms with Gasteiger partial charge in [0.25, 0.3) is 0 Å². The zero-order chi connectivity index (χ0) is 27.1. The topological polar surface area (TPSA) is 67.2 Å². The van der Waals surface area contributed by atoms with Crippen molar-refractivity contribution in [3.8, 4) is 16.9 Å². The first-order valence-electron chi connectivity index (χ1n) is 12.9. The Morgan fingerprint density at radius 2 is 1.66 bits per heavy atom. The Morgan fingerprint density at radius 3 is 2.32 bits per heavy atom. The van der Waals surface area contributed by atoms with Crippen LogP contribution in [0.5, 0.6) is 0 Å². The lowest BCUT2D eigenvalue weighted by Gasteiger charge is -2.24. The molecule has 0 radical (unpaired) electrons. The monoisotopic (exact) mass is 528 g/mol. The number of aromatic nitrogens is 2. The number of halogens is 1. The molecule has 0 aliphatic heterocycles. The first kappa shape index (κ1) is 27.1. The van der Waals surface area contributed by atoms with Gasteiger partial charge in [-0.15, -0.1) is 11.6 Å². The normalized spacial score (nSPS) is 11.7. The summed E-state index contributed by atoms with van der Waals surface area (Å²) in [4.78, 5) is 28.2. The van der Waals surface area contributed by atoms with Gasteiger partial charge in [-0.05, 0) is 37.5 Å². The van der Waals surface area contributed by atoms with Gasteiger partial charge in [-0.2, -0.15) is 5.10 Å². The second kappa shape index (κ2) is 12.6. The van der Waals surface area contributed by atoms with E-state index in [-0.39, 0.29) is 18.4 Å². The zero-order valence-electron chi connectivity index (χ0n) is 22.0.